The summed E-state index contributed by atoms with van der Waals surface area (Å²) >= 11 is 1.72. The van der Waals surface area contributed by atoms with Gasteiger partial charge < -0.3 is 5.32 Å². The Balaban J connectivity index is 1.60. The molecule has 1 atom stereocenters. The van der Waals surface area contributed by atoms with Gasteiger partial charge in [-0.3, -0.25) is 19.8 Å². The minimum absolute atomic E-state index is 0.0239. The third-order valence-corrected chi connectivity index (χ3v) is 3.96. The second kappa shape index (κ2) is 6.06. The lowest BCUT2D eigenvalue weighted by molar-refractivity contribution is -0.117. The maximum atomic E-state index is 11.9. The van der Waals surface area contributed by atoms with Gasteiger partial charge in [-0.1, -0.05) is 0 Å². The van der Waals surface area contributed by atoms with Crippen molar-refractivity contribution < 1.29 is 4.79 Å². The summed E-state index contributed by atoms with van der Waals surface area (Å²) in [4.78, 5) is 15.9. The molecule has 1 aliphatic heterocycles. The average molecular weight is 289 g/mol. The fourth-order valence-corrected chi connectivity index (χ4v) is 2.91. The molecule has 104 valence electrons. The van der Waals surface area contributed by atoms with Gasteiger partial charge in [0.2, 0.25) is 5.91 Å². The van der Waals surface area contributed by atoms with E-state index < -0.39 is 0 Å². The maximum absolute atomic E-state index is 11.9. The fraction of sp³-hybridized carbons (Fsp3) is 0.308. The Kier molecular flexibility index (Phi) is 3.98. The van der Waals surface area contributed by atoms with E-state index in [2.05, 4.69) is 20.7 Å². The summed E-state index contributed by atoms with van der Waals surface area (Å²) in [5, 5.41) is 10.3. The molecule has 0 aliphatic carbocycles. The molecule has 2 aromatic rings. The molecule has 3 heterocycles. The van der Waals surface area contributed by atoms with Gasteiger partial charge in [0.05, 0.1) is 12.6 Å². The van der Waals surface area contributed by atoms with Crippen molar-refractivity contribution >= 4 is 23.5 Å². The summed E-state index contributed by atoms with van der Waals surface area (Å²) in [6.07, 6.45) is 5.36. The Morgan fingerprint density at radius 3 is 3.05 bits per heavy atom. The predicted octanol–water partition coefficient (Wildman–Crippen LogP) is 0.927. The molecular formula is C13H15N5OS. The molecular weight excluding hydrogens is 274 g/mol. The third-order valence-electron chi connectivity index (χ3n) is 3.02. The maximum Gasteiger partial charge on any atom is 0.243 e. The van der Waals surface area contributed by atoms with Crippen LogP contribution in [-0.2, 0) is 11.3 Å². The first-order valence-electron chi connectivity index (χ1n) is 6.35. The number of anilines is 1. The first kappa shape index (κ1) is 13.1. The zero-order valence-corrected chi connectivity index (χ0v) is 11.6. The Morgan fingerprint density at radius 1 is 1.45 bits per heavy atom. The summed E-state index contributed by atoms with van der Waals surface area (Å²) in [5.74, 6) is 2.20. The lowest BCUT2D eigenvalue weighted by Gasteiger charge is -2.08. The minimum atomic E-state index is -0.120. The van der Waals surface area contributed by atoms with E-state index in [1.165, 1.54) is 0 Å². The monoisotopic (exact) mass is 289 g/mol. The van der Waals surface area contributed by atoms with Crippen LogP contribution in [0.5, 0.6) is 0 Å². The van der Waals surface area contributed by atoms with Gasteiger partial charge in [0.1, 0.15) is 0 Å². The van der Waals surface area contributed by atoms with Crippen LogP contribution in [-0.4, -0.2) is 38.3 Å². The number of thioether (sulfide) groups is 1. The van der Waals surface area contributed by atoms with Crippen LogP contribution >= 0.6 is 11.8 Å². The molecule has 3 rings (SSSR count). The number of amides is 1. The van der Waals surface area contributed by atoms with Crippen molar-refractivity contribution in [2.24, 2.45) is 0 Å². The number of hydrogen-bond acceptors (Lipinski definition) is 5. The number of carbonyl (C=O) groups is 1. The van der Waals surface area contributed by atoms with Crippen molar-refractivity contribution in [3.63, 3.8) is 0 Å². The van der Waals surface area contributed by atoms with Gasteiger partial charge in [-0.25, -0.2) is 0 Å². The van der Waals surface area contributed by atoms with Gasteiger partial charge in [0.25, 0.3) is 0 Å². The Labute approximate surface area is 121 Å². The molecule has 0 radical (unpaired) electrons. The second-order valence-corrected chi connectivity index (χ2v) is 5.55. The number of pyridine rings is 1. The summed E-state index contributed by atoms with van der Waals surface area (Å²) in [7, 11) is 0. The van der Waals surface area contributed by atoms with E-state index in [0.29, 0.717) is 12.4 Å². The molecule has 0 saturated carbocycles. The van der Waals surface area contributed by atoms with Crippen molar-refractivity contribution in [2.75, 3.05) is 16.9 Å². The van der Waals surface area contributed by atoms with Crippen molar-refractivity contribution in [3.8, 4) is 0 Å². The molecule has 1 amide bonds. The van der Waals surface area contributed by atoms with Crippen LogP contribution in [0, 0.1) is 0 Å². The number of aromatic nitrogens is 3. The highest BCUT2D eigenvalue weighted by Gasteiger charge is 2.22. The number of rotatable bonds is 4. The second-order valence-electron chi connectivity index (χ2n) is 4.52. The molecule has 1 saturated heterocycles. The van der Waals surface area contributed by atoms with E-state index in [1.54, 1.807) is 34.9 Å². The van der Waals surface area contributed by atoms with Gasteiger partial charge in [-0.2, -0.15) is 5.10 Å². The molecule has 0 aromatic carbocycles. The lowest BCUT2D eigenvalue weighted by Crippen LogP contribution is -2.37. The molecule has 7 heteroatoms. The highest BCUT2D eigenvalue weighted by Crippen LogP contribution is 2.12. The van der Waals surface area contributed by atoms with E-state index >= 15 is 0 Å². The van der Waals surface area contributed by atoms with Crippen molar-refractivity contribution in [1.82, 2.24) is 20.1 Å². The van der Waals surface area contributed by atoms with E-state index in [9.17, 15) is 4.79 Å². The van der Waals surface area contributed by atoms with E-state index in [-0.39, 0.29) is 11.9 Å². The molecule has 0 bridgehead atoms. The van der Waals surface area contributed by atoms with Gasteiger partial charge in [-0.05, 0) is 17.7 Å². The first-order valence-corrected chi connectivity index (χ1v) is 7.51. The molecule has 1 unspecified atom stereocenters. The molecule has 0 spiro atoms. The number of hydrogen-bond donors (Lipinski definition) is 2. The van der Waals surface area contributed by atoms with E-state index in [1.807, 2.05) is 18.3 Å². The quantitative estimate of drug-likeness (QED) is 0.876. The predicted molar refractivity (Wildman–Crippen MR) is 78.4 cm³/mol. The number of carbonyl (C=O) groups excluding carboxylic acids is 1. The van der Waals surface area contributed by atoms with Crippen molar-refractivity contribution in [3.05, 3.63) is 42.4 Å². The SMILES string of the molecule is O=C(Nc1ccn(Cc2ccncc2)n1)C1CSCN1. The summed E-state index contributed by atoms with van der Waals surface area (Å²) in [5.41, 5.74) is 1.12. The Bertz CT molecular complexity index is 579. The highest BCUT2D eigenvalue weighted by molar-refractivity contribution is 7.99. The van der Waals surface area contributed by atoms with Crippen LogP contribution in [0.3, 0.4) is 0 Å². The molecule has 2 N–H and O–H groups in total. The Morgan fingerprint density at radius 2 is 2.30 bits per heavy atom. The van der Waals surface area contributed by atoms with Gasteiger partial charge in [0.15, 0.2) is 5.82 Å². The minimum Gasteiger partial charge on any atom is -0.308 e. The van der Waals surface area contributed by atoms with Gasteiger partial charge >= 0.3 is 0 Å². The molecule has 20 heavy (non-hydrogen) atoms. The standard InChI is InChI=1S/C13H15N5OS/c19-13(11-8-20-9-15-11)16-12-3-6-18(17-12)7-10-1-4-14-5-2-10/h1-6,11,15H,7-9H2,(H,16,17,19). The fourth-order valence-electron chi connectivity index (χ4n) is 1.97. The number of nitrogens with zero attached hydrogens (tertiary/aromatic N) is 3. The summed E-state index contributed by atoms with van der Waals surface area (Å²) in [6, 6.07) is 5.57. The van der Waals surface area contributed by atoms with Gasteiger partial charge in [-0.15, -0.1) is 11.8 Å². The topological polar surface area (TPSA) is 71.8 Å². The van der Waals surface area contributed by atoms with Crippen LogP contribution in [0.4, 0.5) is 5.82 Å². The average Bonchev–Trinajstić information content (AvgIpc) is 3.11. The van der Waals surface area contributed by atoms with Crippen LogP contribution in [0.25, 0.3) is 0 Å². The molecule has 6 nitrogen and oxygen atoms in total. The lowest BCUT2D eigenvalue weighted by atomic mass is 10.3. The highest BCUT2D eigenvalue weighted by atomic mass is 32.2. The van der Waals surface area contributed by atoms with E-state index in [4.69, 9.17) is 0 Å². The van der Waals surface area contributed by atoms with Crippen LogP contribution in [0.2, 0.25) is 0 Å². The van der Waals surface area contributed by atoms with E-state index in [0.717, 1.165) is 17.2 Å². The van der Waals surface area contributed by atoms with Crippen molar-refractivity contribution in [1.29, 1.82) is 0 Å². The molecule has 2 aromatic heterocycles. The first-order chi connectivity index (χ1) is 9.81. The third kappa shape index (κ3) is 3.17. The molecule has 1 fully saturated rings. The molecule has 1 aliphatic rings. The smallest absolute Gasteiger partial charge is 0.243 e. The van der Waals surface area contributed by atoms with Crippen LogP contribution in [0.15, 0.2) is 36.8 Å². The largest absolute Gasteiger partial charge is 0.308 e. The number of nitrogens with one attached hydrogen (secondary N) is 2. The van der Waals surface area contributed by atoms with Crippen LogP contribution in [0.1, 0.15) is 5.56 Å². The summed E-state index contributed by atoms with van der Waals surface area (Å²) in [6.45, 7) is 0.663. The van der Waals surface area contributed by atoms with Gasteiger partial charge in [0, 0.05) is 36.3 Å². The normalized spacial score (nSPS) is 18.1. The zero-order valence-electron chi connectivity index (χ0n) is 10.8. The van der Waals surface area contributed by atoms with Crippen LogP contribution < -0.4 is 10.6 Å². The zero-order chi connectivity index (χ0) is 13.8. The van der Waals surface area contributed by atoms with Crippen molar-refractivity contribution in [2.45, 2.75) is 12.6 Å². The Hall–Kier alpha value is -1.86. The summed E-state index contributed by atoms with van der Waals surface area (Å²) < 4.78 is 1.79.